The molecule has 1 saturated heterocycles. The van der Waals surface area contributed by atoms with Gasteiger partial charge in [-0.1, -0.05) is 12.1 Å². The van der Waals surface area contributed by atoms with Crippen LogP contribution in [-0.4, -0.2) is 109 Å². The molecule has 1 fully saturated rings. The first-order valence-electron chi connectivity index (χ1n) is 15.1. The van der Waals surface area contributed by atoms with Crippen LogP contribution in [0.3, 0.4) is 0 Å². The van der Waals surface area contributed by atoms with Crippen molar-refractivity contribution >= 4 is 47.3 Å². The van der Waals surface area contributed by atoms with Gasteiger partial charge < -0.3 is 48.1 Å². The number of rotatable bonds is 6. The molecule has 1 aromatic rings. The van der Waals surface area contributed by atoms with Crippen LogP contribution in [0.15, 0.2) is 24.3 Å². The summed E-state index contributed by atoms with van der Waals surface area (Å²) in [7, 11) is 0. The lowest BCUT2D eigenvalue weighted by Crippen LogP contribution is -2.54. The van der Waals surface area contributed by atoms with Gasteiger partial charge in [-0.25, -0.2) is 4.39 Å². The molecular formula is C29H42FN9O9. The lowest BCUT2D eigenvalue weighted by Gasteiger charge is -2.21. The maximum atomic E-state index is 13.4. The Hall–Kier alpha value is -5.17. The molecule has 2 rings (SSSR count). The molecule has 48 heavy (non-hydrogen) atoms. The van der Waals surface area contributed by atoms with Crippen molar-refractivity contribution in [3.05, 3.63) is 35.6 Å². The summed E-state index contributed by atoms with van der Waals surface area (Å²) in [6, 6.07) is 1.49. The largest absolute Gasteiger partial charge is 0.377 e. The Labute approximate surface area is 275 Å². The number of hydrogen-bond donors (Lipinski definition) is 10. The van der Waals surface area contributed by atoms with Crippen molar-refractivity contribution in [2.24, 2.45) is 5.73 Å². The van der Waals surface area contributed by atoms with Gasteiger partial charge in [-0.05, 0) is 37.0 Å². The van der Waals surface area contributed by atoms with E-state index in [1.807, 2.05) is 0 Å². The van der Waals surface area contributed by atoms with Gasteiger partial charge in [0, 0.05) is 26.3 Å². The molecular weight excluding hydrogens is 637 g/mol. The summed E-state index contributed by atoms with van der Waals surface area (Å²) in [6.45, 7) is -0.673. The zero-order valence-electron chi connectivity index (χ0n) is 26.4. The van der Waals surface area contributed by atoms with Gasteiger partial charge >= 0.3 is 0 Å². The van der Waals surface area contributed by atoms with E-state index in [0.29, 0.717) is 5.56 Å². The van der Waals surface area contributed by atoms with Crippen LogP contribution in [0.5, 0.6) is 0 Å². The number of benzene rings is 1. The first-order chi connectivity index (χ1) is 22.7. The number of primary amides is 1. The minimum Gasteiger partial charge on any atom is -0.377 e. The molecule has 4 atom stereocenters. The van der Waals surface area contributed by atoms with Gasteiger partial charge in [0.2, 0.25) is 47.3 Å². The van der Waals surface area contributed by atoms with Crippen molar-refractivity contribution in [1.82, 2.24) is 42.5 Å². The highest BCUT2D eigenvalue weighted by Crippen LogP contribution is 2.07. The van der Waals surface area contributed by atoms with E-state index in [-0.39, 0.29) is 38.6 Å². The van der Waals surface area contributed by atoms with E-state index < -0.39 is 104 Å². The number of β-amino-alcohol motifs (C(OH)–C–C–N with tert-alkyl or cyclic N) is 1. The minimum absolute atomic E-state index is 0.0701. The molecule has 11 N–H and O–H groups in total. The molecule has 0 radical (unpaired) electrons. The van der Waals surface area contributed by atoms with Crippen LogP contribution < -0.4 is 48.3 Å². The quantitative estimate of drug-likeness (QED) is 0.137. The van der Waals surface area contributed by atoms with Gasteiger partial charge in [-0.3, -0.25) is 43.7 Å². The van der Waals surface area contributed by atoms with Gasteiger partial charge in [0.05, 0.1) is 26.2 Å². The average Bonchev–Trinajstić information content (AvgIpc) is 3.03. The number of aliphatic hydroxyl groups is 1. The third-order valence-electron chi connectivity index (χ3n) is 6.88. The van der Waals surface area contributed by atoms with Gasteiger partial charge in [0.25, 0.3) is 0 Å². The standard InChI is InChI=1S/C29H42FN9O9/c1-16(40)33-13-24(43)38-20-8-9-22(41)32-10-2-3-19(27(31)46)37-25(44)14-34-23(42)12-35-29(48)21(39-26(45)15-36-28(20)47)11-17-4-6-18(30)7-5-17/h4-7,19-21,23,34,42H,2-3,8-15H2,1H3,(H2,31,46)(H,32,41)(H,33,40)(H,35,48)(H,36,47)(H,37,44)(H,38,43)(H,39,45). The number of halogens is 1. The van der Waals surface area contributed by atoms with Gasteiger partial charge in [-0.15, -0.1) is 0 Å². The number of nitrogens with two attached hydrogens (primary N) is 1. The van der Waals surface area contributed by atoms with E-state index in [1.165, 1.54) is 19.1 Å². The molecule has 8 amide bonds. The fourth-order valence-electron chi connectivity index (χ4n) is 4.35. The molecule has 0 bridgehead atoms. The van der Waals surface area contributed by atoms with Crippen LogP contribution in [0.4, 0.5) is 4.39 Å². The SMILES string of the molecule is CC(=O)NCC(=O)NC1CCC(=O)NCCCC(C(N)=O)NC(=O)CNC(O)CNC(=O)C(Cc2ccc(F)cc2)NC(=O)CNC1=O. The van der Waals surface area contributed by atoms with E-state index in [0.717, 1.165) is 12.1 Å². The van der Waals surface area contributed by atoms with Crippen molar-refractivity contribution in [2.45, 2.75) is 63.4 Å². The third-order valence-corrected chi connectivity index (χ3v) is 6.88. The molecule has 0 aliphatic carbocycles. The predicted octanol–water partition coefficient (Wildman–Crippen LogP) is -4.73. The maximum Gasteiger partial charge on any atom is 0.243 e. The normalized spacial score (nSPS) is 22.9. The fraction of sp³-hybridized carbons (Fsp3) is 0.517. The Kier molecular flexibility index (Phi) is 16.4. The third kappa shape index (κ3) is 15.4. The van der Waals surface area contributed by atoms with E-state index in [4.69, 9.17) is 5.73 Å². The highest BCUT2D eigenvalue weighted by atomic mass is 19.1. The summed E-state index contributed by atoms with van der Waals surface area (Å²) in [5.41, 5.74) is 5.85. The van der Waals surface area contributed by atoms with Crippen molar-refractivity contribution < 1.29 is 47.9 Å². The number of nitrogens with one attached hydrogen (secondary N) is 8. The zero-order chi connectivity index (χ0) is 35.6. The second-order valence-electron chi connectivity index (χ2n) is 10.9. The number of carbonyl (C=O) groups excluding carboxylic acids is 8. The molecule has 19 heteroatoms. The number of amides is 8. The fourth-order valence-corrected chi connectivity index (χ4v) is 4.35. The highest BCUT2D eigenvalue weighted by Gasteiger charge is 2.26. The van der Waals surface area contributed by atoms with Crippen LogP contribution >= 0.6 is 0 Å². The Morgan fingerprint density at radius 1 is 0.917 bits per heavy atom. The number of carbonyl (C=O) groups is 8. The van der Waals surface area contributed by atoms with Gasteiger partial charge in [0.1, 0.15) is 30.2 Å². The van der Waals surface area contributed by atoms with Crippen LogP contribution in [0.2, 0.25) is 0 Å². The minimum atomic E-state index is -1.43. The summed E-state index contributed by atoms with van der Waals surface area (Å²) >= 11 is 0. The topological polar surface area (TPSA) is 279 Å². The predicted molar refractivity (Wildman–Crippen MR) is 165 cm³/mol. The maximum absolute atomic E-state index is 13.4. The molecule has 264 valence electrons. The monoisotopic (exact) mass is 679 g/mol. The lowest BCUT2D eigenvalue weighted by atomic mass is 10.0. The molecule has 18 nitrogen and oxygen atoms in total. The zero-order valence-corrected chi connectivity index (χ0v) is 26.4. The van der Waals surface area contributed by atoms with Crippen molar-refractivity contribution in [1.29, 1.82) is 0 Å². The molecule has 0 spiro atoms. The smallest absolute Gasteiger partial charge is 0.243 e. The molecule has 1 aromatic carbocycles. The Balaban J connectivity index is 2.23. The van der Waals surface area contributed by atoms with E-state index in [1.54, 1.807) is 0 Å². The van der Waals surface area contributed by atoms with Crippen molar-refractivity contribution in [3.8, 4) is 0 Å². The van der Waals surface area contributed by atoms with Crippen LogP contribution in [0, 0.1) is 5.82 Å². The Bertz CT molecular complexity index is 1330. The second kappa shape index (κ2) is 20.1. The molecule has 4 unspecified atom stereocenters. The van der Waals surface area contributed by atoms with Gasteiger partial charge in [0.15, 0.2) is 0 Å². The van der Waals surface area contributed by atoms with Crippen LogP contribution in [-0.2, 0) is 44.8 Å². The molecule has 1 aliphatic heterocycles. The van der Waals surface area contributed by atoms with Crippen molar-refractivity contribution in [2.75, 3.05) is 32.7 Å². The summed E-state index contributed by atoms with van der Waals surface area (Å²) in [4.78, 5) is 99.1. The average molecular weight is 680 g/mol. The molecule has 0 saturated carbocycles. The summed E-state index contributed by atoms with van der Waals surface area (Å²) in [5.74, 6) is -6.18. The van der Waals surface area contributed by atoms with Crippen LogP contribution in [0.25, 0.3) is 0 Å². The number of aliphatic hydroxyl groups excluding tert-OH is 1. The molecule has 0 aromatic heterocycles. The summed E-state index contributed by atoms with van der Waals surface area (Å²) in [5, 5.41) is 29.7. The van der Waals surface area contributed by atoms with Gasteiger partial charge in [-0.2, -0.15) is 0 Å². The van der Waals surface area contributed by atoms with Crippen molar-refractivity contribution in [3.63, 3.8) is 0 Å². The Morgan fingerprint density at radius 3 is 2.27 bits per heavy atom. The first kappa shape index (κ1) is 39.0. The van der Waals surface area contributed by atoms with E-state index in [9.17, 15) is 47.9 Å². The Morgan fingerprint density at radius 2 is 1.60 bits per heavy atom. The highest BCUT2D eigenvalue weighted by molar-refractivity contribution is 5.93. The molecule has 1 heterocycles. The first-order valence-corrected chi connectivity index (χ1v) is 15.1. The molecule has 1 aliphatic rings. The lowest BCUT2D eigenvalue weighted by molar-refractivity contribution is -0.132. The summed E-state index contributed by atoms with van der Waals surface area (Å²) < 4.78 is 13.4. The van der Waals surface area contributed by atoms with E-state index >= 15 is 0 Å². The summed E-state index contributed by atoms with van der Waals surface area (Å²) in [6.07, 6.45) is -1.68. The van der Waals surface area contributed by atoms with E-state index in [2.05, 4.69) is 42.5 Å². The van der Waals surface area contributed by atoms with Crippen LogP contribution in [0.1, 0.15) is 38.2 Å². The number of hydrogen-bond acceptors (Lipinski definition) is 10. The second-order valence-corrected chi connectivity index (χ2v) is 10.9.